The maximum Gasteiger partial charge on any atom is 0.287 e. The number of hydrogen-bond acceptors (Lipinski definition) is 7. The summed E-state index contributed by atoms with van der Waals surface area (Å²) in [6.07, 6.45) is 1.22. The molecule has 0 fully saturated rings. The molecular formula is C16H14N4O3S. The summed E-state index contributed by atoms with van der Waals surface area (Å²) >= 11 is 1.18. The third-order valence-electron chi connectivity index (χ3n) is 3.29. The molecule has 0 N–H and O–H groups in total. The van der Waals surface area contributed by atoms with Crippen LogP contribution in [0.15, 0.2) is 45.1 Å². The lowest BCUT2D eigenvalue weighted by Gasteiger charge is -2.01. The van der Waals surface area contributed by atoms with Crippen LogP contribution in [0.25, 0.3) is 11.5 Å². The molecule has 0 aliphatic heterocycles. The van der Waals surface area contributed by atoms with E-state index in [0.29, 0.717) is 21.7 Å². The molecule has 0 amide bonds. The van der Waals surface area contributed by atoms with Crippen LogP contribution >= 0.6 is 11.8 Å². The monoisotopic (exact) mass is 342 g/mol. The Morgan fingerprint density at radius 1 is 1.08 bits per heavy atom. The maximum atomic E-state index is 10.8. The van der Waals surface area contributed by atoms with Crippen LogP contribution in [0.2, 0.25) is 0 Å². The molecule has 0 atom stereocenters. The van der Waals surface area contributed by atoms with Crippen LogP contribution in [-0.4, -0.2) is 20.1 Å². The van der Waals surface area contributed by atoms with Crippen molar-refractivity contribution in [2.75, 3.05) is 0 Å². The number of nitrogens with zero attached hydrogens (tertiary/aromatic N) is 4. The highest BCUT2D eigenvalue weighted by Gasteiger charge is 2.15. The fraction of sp³-hybridized carbons (Fsp3) is 0.188. The first-order chi connectivity index (χ1) is 11.4. The Kier molecular flexibility index (Phi) is 4.30. The summed E-state index contributed by atoms with van der Waals surface area (Å²) in [5.41, 5.74) is 3.73. The van der Waals surface area contributed by atoms with Crippen LogP contribution in [0.4, 0.5) is 5.69 Å². The van der Waals surface area contributed by atoms with Crippen LogP contribution in [-0.2, 0) is 0 Å². The molecule has 0 saturated heterocycles. The fourth-order valence-corrected chi connectivity index (χ4v) is 3.00. The molecule has 122 valence electrons. The minimum Gasteiger partial charge on any atom is -0.411 e. The highest BCUT2D eigenvalue weighted by Crippen LogP contribution is 2.31. The van der Waals surface area contributed by atoms with E-state index in [-0.39, 0.29) is 5.69 Å². The zero-order valence-corrected chi connectivity index (χ0v) is 14.1. The van der Waals surface area contributed by atoms with Crippen LogP contribution in [0.1, 0.15) is 16.7 Å². The Balaban J connectivity index is 1.85. The molecule has 0 radical (unpaired) electrons. The number of nitro groups is 1. The van der Waals surface area contributed by atoms with Gasteiger partial charge >= 0.3 is 0 Å². The first-order valence-electron chi connectivity index (χ1n) is 7.13. The smallest absolute Gasteiger partial charge is 0.287 e. The Hall–Kier alpha value is -2.74. The summed E-state index contributed by atoms with van der Waals surface area (Å²) in [4.78, 5) is 14.4. The van der Waals surface area contributed by atoms with Crippen molar-refractivity contribution in [3.05, 3.63) is 57.3 Å². The van der Waals surface area contributed by atoms with E-state index in [4.69, 9.17) is 4.42 Å². The van der Waals surface area contributed by atoms with Crippen molar-refractivity contribution in [1.82, 2.24) is 15.2 Å². The quantitative estimate of drug-likeness (QED) is 0.520. The molecule has 1 aromatic carbocycles. The number of pyridine rings is 1. The molecule has 0 bridgehead atoms. The van der Waals surface area contributed by atoms with Gasteiger partial charge in [-0.1, -0.05) is 17.2 Å². The van der Waals surface area contributed by atoms with E-state index in [9.17, 15) is 10.1 Å². The van der Waals surface area contributed by atoms with E-state index < -0.39 is 4.92 Å². The topological polar surface area (TPSA) is 95.0 Å². The van der Waals surface area contributed by atoms with Gasteiger partial charge in [-0.2, -0.15) is 0 Å². The van der Waals surface area contributed by atoms with Gasteiger partial charge in [-0.3, -0.25) is 10.1 Å². The van der Waals surface area contributed by atoms with E-state index >= 15 is 0 Å². The van der Waals surface area contributed by atoms with Crippen LogP contribution < -0.4 is 0 Å². The van der Waals surface area contributed by atoms with Gasteiger partial charge in [0.05, 0.1) is 4.92 Å². The van der Waals surface area contributed by atoms with E-state index in [1.54, 1.807) is 6.92 Å². The lowest BCUT2D eigenvalue weighted by atomic mass is 10.1. The predicted molar refractivity (Wildman–Crippen MR) is 89.0 cm³/mol. The number of benzene rings is 1. The van der Waals surface area contributed by atoms with Crippen LogP contribution in [0.3, 0.4) is 0 Å². The number of hydrogen-bond donors (Lipinski definition) is 0. The molecule has 2 aromatic heterocycles. The molecule has 0 spiro atoms. The van der Waals surface area contributed by atoms with Crippen molar-refractivity contribution in [1.29, 1.82) is 0 Å². The van der Waals surface area contributed by atoms with Crippen molar-refractivity contribution < 1.29 is 9.34 Å². The summed E-state index contributed by atoms with van der Waals surface area (Å²) in [5.74, 6) is 0.434. The molecular weight excluding hydrogens is 328 g/mol. The Bertz CT molecular complexity index is 903. The van der Waals surface area contributed by atoms with E-state index in [0.717, 1.165) is 16.7 Å². The van der Waals surface area contributed by atoms with Gasteiger partial charge in [-0.15, -0.1) is 10.2 Å². The highest BCUT2D eigenvalue weighted by atomic mass is 32.2. The summed E-state index contributed by atoms with van der Waals surface area (Å²) in [6.45, 7) is 5.77. The second kappa shape index (κ2) is 6.40. The largest absolute Gasteiger partial charge is 0.411 e. The van der Waals surface area contributed by atoms with E-state index in [1.807, 2.05) is 26.0 Å². The summed E-state index contributed by atoms with van der Waals surface area (Å²) in [5, 5.41) is 19.8. The average molecular weight is 342 g/mol. The van der Waals surface area contributed by atoms with Gasteiger partial charge in [0.1, 0.15) is 11.2 Å². The van der Waals surface area contributed by atoms with Crippen molar-refractivity contribution in [3.8, 4) is 11.5 Å². The lowest BCUT2D eigenvalue weighted by molar-refractivity contribution is -0.385. The number of aryl methyl sites for hydroxylation is 3. The fourth-order valence-electron chi connectivity index (χ4n) is 2.30. The molecule has 3 aromatic rings. The Morgan fingerprint density at radius 2 is 1.79 bits per heavy atom. The summed E-state index contributed by atoms with van der Waals surface area (Å²) in [6, 6.07) is 7.49. The molecule has 3 rings (SSSR count). The first-order valence-corrected chi connectivity index (χ1v) is 7.95. The molecule has 0 unspecified atom stereocenters. The predicted octanol–water partition coefficient (Wildman–Crippen LogP) is 4.12. The Morgan fingerprint density at radius 3 is 2.42 bits per heavy atom. The molecule has 7 nitrogen and oxygen atoms in total. The normalized spacial score (nSPS) is 10.8. The van der Waals surface area contributed by atoms with Gasteiger partial charge in [0.25, 0.3) is 10.9 Å². The first kappa shape index (κ1) is 16.1. The molecule has 24 heavy (non-hydrogen) atoms. The highest BCUT2D eigenvalue weighted by molar-refractivity contribution is 7.99. The molecule has 0 saturated carbocycles. The maximum absolute atomic E-state index is 10.8. The van der Waals surface area contributed by atoms with Gasteiger partial charge in [-0.25, -0.2) is 4.98 Å². The van der Waals surface area contributed by atoms with E-state index in [2.05, 4.69) is 21.2 Å². The summed E-state index contributed by atoms with van der Waals surface area (Å²) < 4.78 is 5.68. The second-order valence-corrected chi connectivity index (χ2v) is 6.36. The van der Waals surface area contributed by atoms with Crippen LogP contribution in [0.5, 0.6) is 0 Å². The minimum absolute atomic E-state index is 0.0432. The molecule has 0 aliphatic rings. The van der Waals surface area contributed by atoms with Crippen molar-refractivity contribution >= 4 is 17.4 Å². The standard InChI is InChI=1S/C16H14N4O3S/c1-9-4-10(2)6-12(5-9)14-18-19-16(23-14)24-15-11(3)7-13(8-17-15)20(21)22/h4-8H,1-3H3. The summed E-state index contributed by atoms with van der Waals surface area (Å²) in [7, 11) is 0. The zero-order chi connectivity index (χ0) is 17.3. The van der Waals surface area contributed by atoms with Gasteiger partial charge in [0.2, 0.25) is 5.89 Å². The third-order valence-corrected chi connectivity index (χ3v) is 4.25. The molecule has 0 aliphatic carbocycles. The number of aromatic nitrogens is 3. The average Bonchev–Trinajstić information content (AvgIpc) is 2.97. The molecule has 2 heterocycles. The van der Waals surface area contributed by atoms with Gasteiger partial charge < -0.3 is 4.42 Å². The van der Waals surface area contributed by atoms with Crippen molar-refractivity contribution in [3.63, 3.8) is 0 Å². The van der Waals surface area contributed by atoms with Crippen molar-refractivity contribution in [2.45, 2.75) is 31.0 Å². The SMILES string of the molecule is Cc1cc(C)cc(-c2nnc(Sc3ncc([N+](=O)[O-])cc3C)o2)c1. The Labute approximate surface area is 142 Å². The third kappa shape index (κ3) is 3.43. The number of rotatable bonds is 4. The van der Waals surface area contributed by atoms with Crippen molar-refractivity contribution in [2.24, 2.45) is 0 Å². The lowest BCUT2D eigenvalue weighted by Crippen LogP contribution is -1.92. The second-order valence-electron chi connectivity index (χ2n) is 5.42. The minimum atomic E-state index is -0.473. The van der Waals surface area contributed by atoms with E-state index in [1.165, 1.54) is 24.0 Å². The zero-order valence-electron chi connectivity index (χ0n) is 13.3. The van der Waals surface area contributed by atoms with Gasteiger partial charge in [-0.05, 0) is 50.2 Å². The molecule has 8 heteroatoms. The van der Waals surface area contributed by atoms with Gasteiger partial charge in [0, 0.05) is 11.6 Å². The van der Waals surface area contributed by atoms with Crippen LogP contribution in [0, 0.1) is 30.9 Å². The van der Waals surface area contributed by atoms with Gasteiger partial charge in [0.15, 0.2) is 0 Å².